The lowest BCUT2D eigenvalue weighted by molar-refractivity contribution is -0.732. The van der Waals surface area contributed by atoms with E-state index in [1.54, 1.807) is 37.4 Å². The Morgan fingerprint density at radius 1 is 1.06 bits per heavy atom. The van der Waals surface area contributed by atoms with Crippen LogP contribution in [-0.4, -0.2) is 160 Å². The van der Waals surface area contributed by atoms with Gasteiger partial charge in [0.25, 0.3) is 17.9 Å². The van der Waals surface area contributed by atoms with Crippen LogP contribution in [0.5, 0.6) is 5.75 Å². The number of nitroso groups, excluding NO2 is 1. The summed E-state index contributed by atoms with van der Waals surface area (Å²) in [6.45, 7) is 13.8. The third kappa shape index (κ3) is 11.4. The fourth-order valence-electron chi connectivity index (χ4n) is 10.6. The number of amides is 3. The Morgan fingerprint density at radius 3 is 2.58 bits per heavy atom. The first-order valence-corrected chi connectivity index (χ1v) is 25.2. The fraction of sp³-hybridized carbons (Fsp3) is 0.537. The molecular formula is C54H70N9O9+. The van der Waals surface area contributed by atoms with Gasteiger partial charge >= 0.3 is 5.97 Å². The Hall–Kier alpha value is -6.39. The summed E-state index contributed by atoms with van der Waals surface area (Å²) in [7, 11) is 5.24. The van der Waals surface area contributed by atoms with Gasteiger partial charge < -0.3 is 34.1 Å². The van der Waals surface area contributed by atoms with Gasteiger partial charge in [-0.1, -0.05) is 45.7 Å². The van der Waals surface area contributed by atoms with Gasteiger partial charge in [-0.3, -0.25) is 34.1 Å². The highest BCUT2D eigenvalue weighted by atomic mass is 16.5. The molecule has 4 aliphatic heterocycles. The van der Waals surface area contributed by atoms with Crippen molar-refractivity contribution in [2.24, 2.45) is 18.4 Å². The molecule has 72 heavy (non-hydrogen) atoms. The molecule has 1 unspecified atom stereocenters. The van der Waals surface area contributed by atoms with Crippen molar-refractivity contribution < 1.29 is 43.4 Å². The lowest BCUT2D eigenvalue weighted by Gasteiger charge is -2.36. The molecule has 6 bridgehead atoms. The molecule has 4 aliphatic rings. The highest BCUT2D eigenvalue weighted by Crippen LogP contribution is 2.42. The molecule has 5 atom stereocenters. The minimum Gasteiger partial charge on any atom is -0.508 e. The predicted octanol–water partition coefficient (Wildman–Crippen LogP) is 4.56. The number of aromatic hydroxyl groups is 1. The monoisotopic (exact) mass is 989 g/mol. The number of hydrogen-bond donors (Lipinski definition) is 3. The molecule has 384 valence electrons. The number of nitrogens with zero attached hydrogens (tertiary/aromatic N) is 7. The molecule has 3 amide bonds. The third-order valence-electron chi connectivity index (χ3n) is 14.5. The minimum atomic E-state index is -1.19. The Kier molecular flexibility index (Phi) is 16.0. The van der Waals surface area contributed by atoms with E-state index in [0.717, 1.165) is 56.9 Å². The SMILES string of the molecule is CO[C@@H](C)c1ncccc1-c1c2c3cc(ccc3n1C)-c1cc(O)cc(c1)CC(NC(=O)[C@H](C(C)C)N(C)[N+](=O)[C@H]1CCN(C(=O)C#CCN3CCOCC3)C1)C(=O)N1CCC[C@H](N1)C(=O)OCC(C)(C)C2. The van der Waals surface area contributed by atoms with E-state index in [1.807, 2.05) is 46.0 Å². The molecule has 4 aromatic rings. The van der Waals surface area contributed by atoms with Crippen LogP contribution in [0.1, 0.15) is 76.8 Å². The lowest BCUT2D eigenvalue weighted by Crippen LogP contribution is -2.62. The van der Waals surface area contributed by atoms with Gasteiger partial charge in [-0.25, -0.2) is 5.43 Å². The molecule has 0 saturated carbocycles. The first kappa shape index (κ1) is 51.9. The molecule has 0 aliphatic carbocycles. The molecule has 2 aromatic heterocycles. The van der Waals surface area contributed by atoms with Gasteiger partial charge in [0.1, 0.15) is 22.7 Å². The normalized spacial score (nSPS) is 21.6. The standard InChI is InChI=1S/C54H69N9O9/c1-34(2)49(59(7)63(69)39-17-21-61(32-39)47(65)14-11-19-60-22-24-71-25-23-60)51(66)56-45-28-36-26-38(29-40(64)27-36)37-15-16-46-42(30-37)43(50(58(46)6)41-12-9-18-55-48(41)35(3)70-8)31-54(4,5)33-72-53(68)44-13-10-20-62(57-44)52(45)67/h9,12,15-16,18,26-27,29-30,34-35,39,44-45,49,57H,10,13,17,19-25,28,31-33H2,1-8H3,(H-,56,64,66)/p+1/t35-,39-,44-,45?,49-/m0/s1. The van der Waals surface area contributed by atoms with Crippen molar-refractivity contribution in [3.8, 4) is 40.0 Å². The average molecular weight is 989 g/mol. The number of pyridine rings is 1. The van der Waals surface area contributed by atoms with E-state index in [0.29, 0.717) is 63.1 Å². The number of carbonyl (C=O) groups excluding carboxylic acids is 4. The predicted molar refractivity (Wildman–Crippen MR) is 271 cm³/mol. The third-order valence-corrected chi connectivity index (χ3v) is 14.5. The highest BCUT2D eigenvalue weighted by molar-refractivity contribution is 5.96. The van der Waals surface area contributed by atoms with Gasteiger partial charge in [0, 0.05) is 81.3 Å². The molecule has 8 rings (SSSR count). The minimum absolute atomic E-state index is 0.0222. The van der Waals surface area contributed by atoms with Gasteiger partial charge in [-0.15, -0.1) is 5.01 Å². The fourth-order valence-corrected chi connectivity index (χ4v) is 10.6. The number of morpholine rings is 1. The van der Waals surface area contributed by atoms with Crippen LogP contribution in [0.15, 0.2) is 54.7 Å². The van der Waals surface area contributed by atoms with E-state index in [-0.39, 0.29) is 49.8 Å². The summed E-state index contributed by atoms with van der Waals surface area (Å²) >= 11 is 0. The number of phenols is 1. The summed E-state index contributed by atoms with van der Waals surface area (Å²) in [4.78, 5) is 79.8. The number of ether oxygens (including phenoxy) is 3. The van der Waals surface area contributed by atoms with Crippen LogP contribution in [0.4, 0.5) is 0 Å². The molecule has 0 radical (unpaired) electrons. The summed E-state index contributed by atoms with van der Waals surface area (Å²) in [5.74, 6) is 3.40. The van der Waals surface area contributed by atoms with Crippen LogP contribution in [-0.2, 0) is 53.3 Å². The Labute approximate surface area is 421 Å². The van der Waals surface area contributed by atoms with E-state index < -0.39 is 47.4 Å². The van der Waals surface area contributed by atoms with E-state index in [2.05, 4.69) is 64.1 Å². The second-order valence-corrected chi connectivity index (χ2v) is 20.8. The zero-order chi connectivity index (χ0) is 51.4. The number of esters is 1. The topological polar surface area (TPSA) is 191 Å². The van der Waals surface area contributed by atoms with E-state index in [9.17, 15) is 29.2 Å². The first-order chi connectivity index (χ1) is 34.4. The van der Waals surface area contributed by atoms with Crippen molar-refractivity contribution in [2.45, 2.75) is 97.0 Å². The summed E-state index contributed by atoms with van der Waals surface area (Å²) in [6.07, 6.45) is 3.29. The number of likely N-dealkylation sites (tertiary alicyclic amines) is 1. The molecule has 3 saturated heterocycles. The molecule has 3 fully saturated rings. The zero-order valence-corrected chi connectivity index (χ0v) is 42.9. The van der Waals surface area contributed by atoms with Crippen molar-refractivity contribution in [3.63, 3.8) is 0 Å². The molecule has 18 nitrogen and oxygen atoms in total. The van der Waals surface area contributed by atoms with Crippen LogP contribution in [0.3, 0.4) is 0 Å². The van der Waals surface area contributed by atoms with Crippen molar-refractivity contribution in [1.29, 1.82) is 0 Å². The van der Waals surface area contributed by atoms with Crippen molar-refractivity contribution in [3.05, 3.63) is 76.5 Å². The van der Waals surface area contributed by atoms with Gasteiger partial charge in [-0.05, 0) is 96.7 Å². The van der Waals surface area contributed by atoms with E-state index in [4.69, 9.17) is 19.2 Å². The maximum Gasteiger partial charge on any atom is 0.324 e. The van der Waals surface area contributed by atoms with E-state index in [1.165, 1.54) is 10.0 Å². The van der Waals surface area contributed by atoms with E-state index >= 15 is 0 Å². The maximum absolute atomic E-state index is 14.8. The molecule has 2 aromatic carbocycles. The summed E-state index contributed by atoms with van der Waals surface area (Å²) in [5.41, 5.74) is 9.35. The highest BCUT2D eigenvalue weighted by Gasteiger charge is 2.45. The first-order valence-electron chi connectivity index (χ1n) is 25.2. The Bertz CT molecular complexity index is 2760. The number of likely N-dealkylation sites (N-methyl/N-ethyl adjacent to an activating group) is 1. The average Bonchev–Trinajstić information content (AvgIpc) is 3.97. The van der Waals surface area contributed by atoms with Crippen LogP contribution >= 0.6 is 0 Å². The van der Waals surface area contributed by atoms with Gasteiger partial charge in [-0.2, -0.15) is 0 Å². The number of cyclic esters (lactones) is 1. The van der Waals surface area contributed by atoms with Crippen molar-refractivity contribution in [2.75, 3.05) is 73.2 Å². The number of aryl methyl sites for hydroxylation is 1. The Balaban J connectivity index is 1.10. The number of nitrogens with one attached hydrogen (secondary N) is 2. The number of hydrogen-bond acceptors (Lipinski definition) is 12. The van der Waals surface area contributed by atoms with Gasteiger partial charge in [0.15, 0.2) is 6.04 Å². The lowest BCUT2D eigenvalue weighted by atomic mass is 9.84. The summed E-state index contributed by atoms with van der Waals surface area (Å²) in [5, 5.41) is 18.1. The molecule has 0 spiro atoms. The molecule has 3 N–H and O–H groups in total. The number of methoxy groups -OCH3 is 1. The quantitative estimate of drug-likeness (QED) is 0.0869. The van der Waals surface area contributed by atoms with Crippen LogP contribution in [0.25, 0.3) is 33.3 Å². The van der Waals surface area contributed by atoms with Crippen LogP contribution in [0, 0.1) is 28.1 Å². The van der Waals surface area contributed by atoms with Crippen molar-refractivity contribution >= 4 is 34.6 Å². The van der Waals surface area contributed by atoms with Gasteiger partial charge in [0.2, 0.25) is 5.91 Å². The zero-order valence-electron chi connectivity index (χ0n) is 42.9. The number of phenolic OH excluding ortho intramolecular Hbond substituents is 1. The number of aromatic nitrogens is 2. The number of hydrazine groups is 2. The second-order valence-electron chi connectivity index (χ2n) is 20.8. The smallest absolute Gasteiger partial charge is 0.324 e. The number of fused-ring (bicyclic) bond motifs is 6. The van der Waals surface area contributed by atoms with Gasteiger partial charge in [0.05, 0.1) is 62.4 Å². The van der Waals surface area contributed by atoms with Crippen LogP contribution in [0.2, 0.25) is 0 Å². The summed E-state index contributed by atoms with van der Waals surface area (Å²) < 4.78 is 19.4. The molecule has 18 heteroatoms. The second kappa shape index (κ2) is 22.2. The largest absolute Gasteiger partial charge is 0.508 e. The molecule has 6 heterocycles. The maximum atomic E-state index is 14.8. The molecular weight excluding hydrogens is 919 g/mol. The van der Waals surface area contributed by atoms with Crippen molar-refractivity contribution in [1.82, 2.24) is 40.1 Å². The number of rotatable bonds is 10. The Morgan fingerprint density at radius 2 is 1.83 bits per heavy atom. The number of benzene rings is 2. The van der Waals surface area contributed by atoms with Crippen LogP contribution < -0.4 is 10.7 Å². The summed E-state index contributed by atoms with van der Waals surface area (Å²) in [6, 6.07) is 11.7. The number of carbonyl (C=O) groups is 4.